The van der Waals surface area contributed by atoms with Gasteiger partial charge in [0.2, 0.25) is 15.9 Å². The predicted octanol–water partition coefficient (Wildman–Crippen LogP) is 2.17. The van der Waals surface area contributed by atoms with Crippen molar-refractivity contribution in [1.29, 1.82) is 0 Å². The highest BCUT2D eigenvalue weighted by atomic mass is 32.2. The van der Waals surface area contributed by atoms with Crippen LogP contribution in [0.2, 0.25) is 0 Å². The van der Waals surface area contributed by atoms with Crippen molar-refractivity contribution in [2.45, 2.75) is 24.8 Å². The molecule has 2 amide bonds. The van der Waals surface area contributed by atoms with Gasteiger partial charge in [0.15, 0.2) is 0 Å². The van der Waals surface area contributed by atoms with Crippen molar-refractivity contribution in [3.8, 4) is 0 Å². The minimum absolute atomic E-state index is 0.0124. The van der Waals surface area contributed by atoms with E-state index in [4.69, 9.17) is 0 Å². The number of piperazine rings is 1. The van der Waals surface area contributed by atoms with E-state index in [-0.39, 0.29) is 29.3 Å². The lowest BCUT2D eigenvalue weighted by molar-refractivity contribution is -0.130. The molecule has 31 heavy (non-hydrogen) atoms. The Bertz CT molecular complexity index is 997. The maximum absolute atomic E-state index is 12.5. The molecule has 2 heterocycles. The quantitative estimate of drug-likeness (QED) is 0.678. The van der Waals surface area contributed by atoms with Gasteiger partial charge in [-0.2, -0.15) is 4.31 Å². The molecule has 0 unspecified atom stereocenters. The fourth-order valence-electron chi connectivity index (χ4n) is 3.19. The van der Waals surface area contributed by atoms with Crippen LogP contribution >= 0.6 is 11.3 Å². The van der Waals surface area contributed by atoms with Gasteiger partial charge in [-0.15, -0.1) is 11.3 Å². The molecule has 1 N–H and O–H groups in total. The van der Waals surface area contributed by atoms with Crippen LogP contribution in [0.4, 0.5) is 5.69 Å². The van der Waals surface area contributed by atoms with E-state index in [1.165, 1.54) is 27.8 Å². The van der Waals surface area contributed by atoms with Crippen molar-refractivity contribution < 1.29 is 18.0 Å². The number of nitrogens with zero attached hydrogens (tertiary/aromatic N) is 3. The number of hydrogen-bond donors (Lipinski definition) is 1. The summed E-state index contributed by atoms with van der Waals surface area (Å²) in [5.74, 6) is -0.0437. The van der Waals surface area contributed by atoms with Crippen LogP contribution in [0.5, 0.6) is 0 Å². The first-order valence-electron chi connectivity index (χ1n) is 10.1. The van der Waals surface area contributed by atoms with Gasteiger partial charge in [0, 0.05) is 45.0 Å². The summed E-state index contributed by atoms with van der Waals surface area (Å²) in [6, 6.07) is 9.92. The summed E-state index contributed by atoms with van der Waals surface area (Å²) in [6.45, 7) is 5.76. The van der Waals surface area contributed by atoms with Crippen molar-refractivity contribution in [2.75, 3.05) is 45.1 Å². The molecule has 0 radical (unpaired) electrons. The SMILES string of the molecule is CC(C)N(C)S(=O)(=O)c1ccc(NCC(=O)N2CCN(C(=O)c3cccs3)CC2)cc1. The number of sulfonamides is 1. The molecule has 1 aromatic carbocycles. The van der Waals surface area contributed by atoms with Crippen LogP contribution < -0.4 is 5.32 Å². The van der Waals surface area contributed by atoms with Crippen molar-refractivity contribution in [3.05, 3.63) is 46.7 Å². The molecular formula is C21H28N4O4S2. The third kappa shape index (κ3) is 5.44. The third-order valence-corrected chi connectivity index (χ3v) is 8.26. The zero-order valence-corrected chi connectivity index (χ0v) is 19.6. The van der Waals surface area contributed by atoms with Crippen LogP contribution in [0, 0.1) is 0 Å². The number of rotatable bonds is 7. The summed E-state index contributed by atoms with van der Waals surface area (Å²) in [5.41, 5.74) is 0.672. The first kappa shape index (κ1) is 23.2. The number of amides is 2. The number of carbonyl (C=O) groups is 2. The third-order valence-electron chi connectivity index (χ3n) is 5.35. The highest BCUT2D eigenvalue weighted by molar-refractivity contribution is 7.89. The van der Waals surface area contributed by atoms with E-state index in [1.54, 1.807) is 29.0 Å². The average molecular weight is 465 g/mol. The molecule has 10 heteroatoms. The highest BCUT2D eigenvalue weighted by Crippen LogP contribution is 2.19. The van der Waals surface area contributed by atoms with Gasteiger partial charge < -0.3 is 15.1 Å². The Kier molecular flexibility index (Phi) is 7.34. The highest BCUT2D eigenvalue weighted by Gasteiger charge is 2.25. The normalized spacial score (nSPS) is 14.9. The number of carbonyl (C=O) groups excluding carboxylic acids is 2. The molecule has 0 spiro atoms. The molecule has 168 valence electrons. The zero-order chi connectivity index (χ0) is 22.6. The lowest BCUT2D eigenvalue weighted by atomic mass is 10.2. The molecule has 0 aliphatic carbocycles. The van der Waals surface area contributed by atoms with Gasteiger partial charge in [-0.25, -0.2) is 8.42 Å². The van der Waals surface area contributed by atoms with Gasteiger partial charge in [0.05, 0.1) is 16.3 Å². The second-order valence-corrected chi connectivity index (χ2v) is 10.6. The Morgan fingerprint density at radius 3 is 2.23 bits per heavy atom. The summed E-state index contributed by atoms with van der Waals surface area (Å²) in [7, 11) is -1.98. The molecule has 2 aromatic rings. The van der Waals surface area contributed by atoms with E-state index in [1.807, 2.05) is 31.4 Å². The van der Waals surface area contributed by atoms with Crippen LogP contribution in [0.25, 0.3) is 0 Å². The smallest absolute Gasteiger partial charge is 0.264 e. The van der Waals surface area contributed by atoms with E-state index in [9.17, 15) is 18.0 Å². The second-order valence-electron chi connectivity index (χ2n) is 7.64. The number of thiophene rings is 1. The topological polar surface area (TPSA) is 90.0 Å². The van der Waals surface area contributed by atoms with E-state index in [0.29, 0.717) is 36.7 Å². The molecule has 3 rings (SSSR count). The van der Waals surface area contributed by atoms with Gasteiger partial charge in [-0.3, -0.25) is 9.59 Å². The molecular weight excluding hydrogens is 436 g/mol. The minimum atomic E-state index is -3.53. The standard InChI is InChI=1S/C21H28N4O4S2/c1-16(2)23(3)31(28,29)18-8-6-17(7-9-18)22-15-20(26)24-10-12-25(13-11-24)21(27)19-5-4-14-30-19/h4-9,14,16,22H,10-13,15H2,1-3H3. The Balaban J connectivity index is 1.49. The van der Waals surface area contributed by atoms with Crippen LogP contribution in [0.3, 0.4) is 0 Å². The number of anilines is 1. The molecule has 1 fully saturated rings. The molecule has 0 bridgehead atoms. The Morgan fingerprint density at radius 1 is 1.06 bits per heavy atom. The van der Waals surface area contributed by atoms with Crippen LogP contribution in [-0.2, 0) is 14.8 Å². The minimum Gasteiger partial charge on any atom is -0.376 e. The Hall–Kier alpha value is -2.43. The van der Waals surface area contributed by atoms with Crippen molar-refractivity contribution in [1.82, 2.24) is 14.1 Å². The number of benzene rings is 1. The second kappa shape index (κ2) is 9.80. The van der Waals surface area contributed by atoms with Gasteiger partial charge >= 0.3 is 0 Å². The monoisotopic (exact) mass is 464 g/mol. The van der Waals surface area contributed by atoms with E-state index in [2.05, 4.69) is 5.32 Å². The fraction of sp³-hybridized carbons (Fsp3) is 0.429. The van der Waals surface area contributed by atoms with Gasteiger partial charge in [0.25, 0.3) is 5.91 Å². The molecule has 1 aliphatic heterocycles. The molecule has 8 nitrogen and oxygen atoms in total. The molecule has 0 atom stereocenters. The summed E-state index contributed by atoms with van der Waals surface area (Å²) in [6.07, 6.45) is 0. The molecule has 1 aromatic heterocycles. The summed E-state index contributed by atoms with van der Waals surface area (Å²) < 4.78 is 26.4. The average Bonchev–Trinajstić information content (AvgIpc) is 3.31. The van der Waals surface area contributed by atoms with E-state index < -0.39 is 10.0 Å². The summed E-state index contributed by atoms with van der Waals surface area (Å²) in [4.78, 5) is 29.4. The maximum atomic E-state index is 12.5. The van der Waals surface area contributed by atoms with Gasteiger partial charge in [-0.05, 0) is 49.6 Å². The number of hydrogen-bond acceptors (Lipinski definition) is 6. The largest absolute Gasteiger partial charge is 0.376 e. The van der Waals surface area contributed by atoms with Gasteiger partial charge in [0.1, 0.15) is 0 Å². The van der Waals surface area contributed by atoms with Gasteiger partial charge in [-0.1, -0.05) is 6.07 Å². The maximum Gasteiger partial charge on any atom is 0.264 e. The zero-order valence-electron chi connectivity index (χ0n) is 17.9. The first-order chi connectivity index (χ1) is 14.7. The molecule has 1 aliphatic rings. The fourth-order valence-corrected chi connectivity index (χ4v) is 5.25. The summed E-state index contributed by atoms with van der Waals surface area (Å²) in [5, 5.41) is 4.93. The molecule has 0 saturated carbocycles. The Labute approximate surface area is 187 Å². The van der Waals surface area contributed by atoms with Crippen molar-refractivity contribution in [2.24, 2.45) is 0 Å². The predicted molar refractivity (Wildman–Crippen MR) is 122 cm³/mol. The summed E-state index contributed by atoms with van der Waals surface area (Å²) >= 11 is 1.42. The van der Waals surface area contributed by atoms with E-state index in [0.717, 1.165) is 0 Å². The van der Waals surface area contributed by atoms with Crippen LogP contribution in [-0.4, -0.2) is 80.2 Å². The van der Waals surface area contributed by atoms with Crippen LogP contribution in [0.15, 0.2) is 46.7 Å². The lowest BCUT2D eigenvalue weighted by Crippen LogP contribution is -2.51. The van der Waals surface area contributed by atoms with Crippen LogP contribution in [0.1, 0.15) is 23.5 Å². The Morgan fingerprint density at radius 2 is 1.68 bits per heavy atom. The van der Waals surface area contributed by atoms with Crippen molar-refractivity contribution >= 4 is 38.9 Å². The molecule has 1 saturated heterocycles. The first-order valence-corrected chi connectivity index (χ1v) is 12.4. The number of nitrogens with one attached hydrogen (secondary N) is 1. The van der Waals surface area contributed by atoms with Crippen molar-refractivity contribution in [3.63, 3.8) is 0 Å². The lowest BCUT2D eigenvalue weighted by Gasteiger charge is -2.34. The van der Waals surface area contributed by atoms with E-state index >= 15 is 0 Å².